The summed E-state index contributed by atoms with van der Waals surface area (Å²) in [6, 6.07) is 0. The Hall–Kier alpha value is -1.12. The lowest BCUT2D eigenvalue weighted by molar-refractivity contribution is 0.295. The largest absolute Gasteiger partial charge is 0.367 e. The topological polar surface area (TPSA) is 25.1 Å². The van der Waals surface area contributed by atoms with Gasteiger partial charge in [0.05, 0.1) is 23.4 Å². The van der Waals surface area contributed by atoms with E-state index in [0.717, 1.165) is 38.5 Å². The molecule has 0 N–H and O–H groups in total. The molecule has 0 amide bonds. The molecule has 2 nitrogen and oxygen atoms in total. The molecule has 2 aliphatic heterocycles. The molecule has 32 heavy (non-hydrogen) atoms. The van der Waals surface area contributed by atoms with Gasteiger partial charge in [-0.25, -0.2) is 0 Å². The van der Waals surface area contributed by atoms with Crippen molar-refractivity contribution in [3.63, 3.8) is 0 Å². The van der Waals surface area contributed by atoms with Gasteiger partial charge in [-0.1, -0.05) is 46.6 Å². The maximum atomic E-state index is 6.01. The average Bonchev–Trinajstić information content (AvgIpc) is 3.55. The van der Waals surface area contributed by atoms with E-state index in [-0.39, 0.29) is 11.2 Å². The van der Waals surface area contributed by atoms with Crippen molar-refractivity contribution in [1.82, 2.24) is 0 Å². The van der Waals surface area contributed by atoms with Gasteiger partial charge in [0.2, 0.25) is 0 Å². The predicted molar refractivity (Wildman–Crippen MR) is 139 cm³/mol. The van der Waals surface area contributed by atoms with Gasteiger partial charge >= 0.3 is 0 Å². The van der Waals surface area contributed by atoms with Gasteiger partial charge in [0, 0.05) is 0 Å². The first-order valence-corrected chi connectivity index (χ1v) is 13.0. The first-order chi connectivity index (χ1) is 15.0. The summed E-state index contributed by atoms with van der Waals surface area (Å²) in [4.78, 5) is 0. The van der Waals surface area contributed by atoms with Gasteiger partial charge < -0.3 is 9.47 Å². The zero-order valence-electron chi connectivity index (χ0n) is 22.4. The third-order valence-corrected chi connectivity index (χ3v) is 7.18. The van der Waals surface area contributed by atoms with Crippen LogP contribution in [0.25, 0.3) is 0 Å². The van der Waals surface area contributed by atoms with Crippen LogP contribution in [0.3, 0.4) is 0 Å². The Bertz CT molecular complexity index is 717. The van der Waals surface area contributed by atoms with Crippen molar-refractivity contribution < 1.29 is 9.47 Å². The number of hydrogen-bond donors (Lipinski definition) is 0. The van der Waals surface area contributed by atoms with Gasteiger partial charge in [0.1, 0.15) is 0 Å². The SMILES string of the molecule is CC(C)=CCC[C@]1(C)O[C@@H]1CC/C(C)=C/CC/C=C(\C)CC/C=C(\C)CC[C@@H]1OC1(C)C. The third-order valence-electron chi connectivity index (χ3n) is 7.18. The number of unbranched alkanes of at least 4 members (excludes halogenated alkanes) is 1. The summed E-state index contributed by atoms with van der Waals surface area (Å²) in [6.45, 7) is 17.8. The van der Waals surface area contributed by atoms with E-state index in [1.54, 1.807) is 0 Å². The van der Waals surface area contributed by atoms with Crippen LogP contribution < -0.4 is 0 Å². The first-order valence-electron chi connectivity index (χ1n) is 13.0. The quantitative estimate of drug-likeness (QED) is 0.143. The summed E-state index contributed by atoms with van der Waals surface area (Å²) in [5.74, 6) is 0. The van der Waals surface area contributed by atoms with Crippen molar-refractivity contribution in [2.45, 2.75) is 143 Å². The highest BCUT2D eigenvalue weighted by Crippen LogP contribution is 2.43. The van der Waals surface area contributed by atoms with Crippen molar-refractivity contribution in [2.24, 2.45) is 0 Å². The fraction of sp³-hybridized carbons (Fsp3) is 0.733. The molecule has 0 aromatic carbocycles. The molecule has 2 rings (SSSR count). The minimum Gasteiger partial charge on any atom is -0.367 e. The first kappa shape index (κ1) is 27.1. The summed E-state index contributed by atoms with van der Waals surface area (Å²) >= 11 is 0. The van der Waals surface area contributed by atoms with E-state index in [2.05, 4.69) is 79.7 Å². The smallest absolute Gasteiger partial charge is 0.0923 e. The Morgan fingerprint density at radius 1 is 0.625 bits per heavy atom. The van der Waals surface area contributed by atoms with Crippen LogP contribution in [0.15, 0.2) is 46.6 Å². The van der Waals surface area contributed by atoms with Gasteiger partial charge in [0.25, 0.3) is 0 Å². The van der Waals surface area contributed by atoms with Crippen molar-refractivity contribution in [3.05, 3.63) is 46.6 Å². The second-order valence-corrected chi connectivity index (χ2v) is 11.3. The third kappa shape index (κ3) is 10.2. The van der Waals surface area contributed by atoms with E-state index in [9.17, 15) is 0 Å². The summed E-state index contributed by atoms with van der Waals surface area (Å²) in [5, 5.41) is 0. The summed E-state index contributed by atoms with van der Waals surface area (Å²) in [5.41, 5.74) is 6.20. The second-order valence-electron chi connectivity index (χ2n) is 11.3. The van der Waals surface area contributed by atoms with Crippen molar-refractivity contribution >= 4 is 0 Å². The van der Waals surface area contributed by atoms with E-state index in [0.29, 0.717) is 12.2 Å². The van der Waals surface area contributed by atoms with Crippen LogP contribution in [0.4, 0.5) is 0 Å². The maximum absolute atomic E-state index is 6.01. The van der Waals surface area contributed by atoms with Crippen LogP contribution in [-0.2, 0) is 9.47 Å². The highest BCUT2D eigenvalue weighted by molar-refractivity contribution is 5.08. The van der Waals surface area contributed by atoms with Gasteiger partial charge in [-0.2, -0.15) is 0 Å². The molecule has 0 radical (unpaired) electrons. The fourth-order valence-electron chi connectivity index (χ4n) is 4.49. The molecule has 0 unspecified atom stereocenters. The molecular weight excluding hydrogens is 392 g/mol. The lowest BCUT2D eigenvalue weighted by atomic mass is 9.96. The number of ether oxygens (including phenoxy) is 2. The number of epoxide rings is 2. The zero-order chi connectivity index (χ0) is 23.8. The Morgan fingerprint density at radius 2 is 1.12 bits per heavy atom. The van der Waals surface area contributed by atoms with Crippen LogP contribution >= 0.6 is 0 Å². The van der Waals surface area contributed by atoms with E-state index in [1.807, 2.05) is 0 Å². The van der Waals surface area contributed by atoms with Crippen molar-refractivity contribution in [3.8, 4) is 0 Å². The molecule has 0 spiro atoms. The van der Waals surface area contributed by atoms with Gasteiger partial charge in [0.15, 0.2) is 0 Å². The lowest BCUT2D eigenvalue weighted by Gasteiger charge is -2.05. The molecule has 0 aromatic heterocycles. The van der Waals surface area contributed by atoms with E-state index >= 15 is 0 Å². The van der Waals surface area contributed by atoms with Gasteiger partial charge in [-0.15, -0.1) is 0 Å². The zero-order valence-corrected chi connectivity index (χ0v) is 22.4. The average molecular weight is 443 g/mol. The molecule has 3 atom stereocenters. The highest BCUT2D eigenvalue weighted by atomic mass is 16.6. The number of hydrogen-bond acceptors (Lipinski definition) is 2. The molecule has 2 aliphatic rings. The van der Waals surface area contributed by atoms with Gasteiger partial charge in [-0.3, -0.25) is 0 Å². The molecular formula is C30H50O2. The van der Waals surface area contributed by atoms with Crippen molar-refractivity contribution in [1.29, 1.82) is 0 Å². The summed E-state index contributed by atoms with van der Waals surface area (Å²) < 4.78 is 11.7. The molecule has 0 aromatic rings. The Labute approximate surface area is 199 Å². The summed E-state index contributed by atoms with van der Waals surface area (Å²) in [7, 11) is 0. The van der Waals surface area contributed by atoms with Crippen molar-refractivity contribution in [2.75, 3.05) is 0 Å². The lowest BCUT2D eigenvalue weighted by Crippen LogP contribution is -2.09. The molecule has 2 saturated heterocycles. The van der Waals surface area contributed by atoms with Crippen LogP contribution in [0.2, 0.25) is 0 Å². The van der Waals surface area contributed by atoms with E-state index < -0.39 is 0 Å². The number of allylic oxidation sites excluding steroid dienone is 8. The van der Waals surface area contributed by atoms with Gasteiger partial charge in [-0.05, 0) is 120 Å². The number of rotatable bonds is 15. The fourth-order valence-corrected chi connectivity index (χ4v) is 4.49. The minimum atomic E-state index is 0.126. The Kier molecular flexibility index (Phi) is 10.5. The van der Waals surface area contributed by atoms with E-state index in [4.69, 9.17) is 9.47 Å². The van der Waals surface area contributed by atoms with Crippen LogP contribution in [0.1, 0.15) is 120 Å². The maximum Gasteiger partial charge on any atom is 0.0923 e. The van der Waals surface area contributed by atoms with Crippen LogP contribution in [-0.4, -0.2) is 23.4 Å². The molecule has 0 aliphatic carbocycles. The predicted octanol–water partition coefficient (Wildman–Crippen LogP) is 9.03. The molecule has 0 bridgehead atoms. The van der Waals surface area contributed by atoms with E-state index in [1.165, 1.54) is 48.0 Å². The molecule has 2 heteroatoms. The molecule has 182 valence electrons. The standard InChI is InChI=1S/C30H50O2/c1-23(2)13-12-22-30(8)28(32-30)21-19-25(4)15-10-9-14-24(3)16-11-17-26(5)18-20-27-29(6,7)31-27/h13-15,17,27-28H,9-12,16,18-22H2,1-8H3/b24-14+,25-15+,26-17+/t27-,28+,30-/m0/s1. The second kappa shape index (κ2) is 12.4. The Morgan fingerprint density at radius 3 is 1.66 bits per heavy atom. The minimum absolute atomic E-state index is 0.126. The monoisotopic (exact) mass is 442 g/mol. The summed E-state index contributed by atoms with van der Waals surface area (Å²) in [6.07, 6.45) is 22.1. The van der Waals surface area contributed by atoms with Crippen LogP contribution in [0, 0.1) is 0 Å². The van der Waals surface area contributed by atoms with Crippen LogP contribution in [0.5, 0.6) is 0 Å². The molecule has 2 fully saturated rings. The molecule has 0 saturated carbocycles. The highest BCUT2D eigenvalue weighted by Gasteiger charge is 2.50. The molecule has 2 heterocycles. The normalized spacial score (nSPS) is 27.4. The Balaban J connectivity index is 1.54.